The van der Waals surface area contributed by atoms with Gasteiger partial charge in [0.25, 0.3) is 0 Å². The number of terminal acetylenes is 1. The van der Waals surface area contributed by atoms with Crippen LogP contribution in [0, 0.1) is 12.3 Å². The summed E-state index contributed by atoms with van der Waals surface area (Å²) in [5.41, 5.74) is 1.03. The van der Waals surface area contributed by atoms with Crippen LogP contribution in [0.3, 0.4) is 0 Å². The second-order valence-electron chi connectivity index (χ2n) is 2.76. The molecule has 2 nitrogen and oxygen atoms in total. The molecule has 1 aromatic heterocycles. The normalized spacial score (nSPS) is 11.7. The van der Waals surface area contributed by atoms with E-state index in [4.69, 9.17) is 6.42 Å². The first kappa shape index (κ1) is 9.82. The molecular formula is C10H11NOS. The zero-order valence-corrected chi connectivity index (χ0v) is 8.23. The molecule has 13 heavy (non-hydrogen) atoms. The van der Waals surface area contributed by atoms with Gasteiger partial charge in [-0.05, 0) is 29.3 Å². The van der Waals surface area contributed by atoms with Crippen molar-refractivity contribution < 1.29 is 4.79 Å². The third-order valence-corrected chi connectivity index (χ3v) is 2.30. The van der Waals surface area contributed by atoms with Crippen molar-refractivity contribution in [2.45, 2.75) is 19.4 Å². The Balaban J connectivity index is 2.39. The first-order valence-electron chi connectivity index (χ1n) is 3.99. The molecule has 1 N–H and O–H groups in total. The van der Waals surface area contributed by atoms with Gasteiger partial charge in [-0.1, -0.05) is 5.92 Å². The van der Waals surface area contributed by atoms with Gasteiger partial charge in [-0.3, -0.25) is 4.79 Å². The largest absolute Gasteiger partial charge is 0.342 e. The molecule has 1 atom stereocenters. The van der Waals surface area contributed by atoms with Crippen LogP contribution in [0.4, 0.5) is 0 Å². The van der Waals surface area contributed by atoms with Crippen LogP contribution in [0.2, 0.25) is 0 Å². The van der Waals surface area contributed by atoms with Crippen molar-refractivity contribution >= 4 is 17.2 Å². The quantitative estimate of drug-likeness (QED) is 0.723. The van der Waals surface area contributed by atoms with Gasteiger partial charge >= 0.3 is 0 Å². The molecule has 0 radical (unpaired) electrons. The minimum absolute atomic E-state index is 0.0242. The van der Waals surface area contributed by atoms with Crippen molar-refractivity contribution in [3.63, 3.8) is 0 Å². The van der Waals surface area contributed by atoms with Crippen LogP contribution in [0.15, 0.2) is 16.8 Å². The number of carbonyl (C=O) groups is 1. The molecular weight excluding hydrogens is 182 g/mol. The number of hydrogen-bond acceptors (Lipinski definition) is 2. The first-order valence-corrected chi connectivity index (χ1v) is 4.93. The molecule has 0 aliphatic carbocycles. The van der Waals surface area contributed by atoms with Crippen LogP contribution >= 0.6 is 11.3 Å². The van der Waals surface area contributed by atoms with E-state index in [1.54, 1.807) is 18.3 Å². The maximum absolute atomic E-state index is 11.3. The highest BCUT2D eigenvalue weighted by Crippen LogP contribution is 2.06. The average Bonchev–Trinajstić information content (AvgIpc) is 2.56. The zero-order chi connectivity index (χ0) is 9.68. The maximum atomic E-state index is 11.3. The highest BCUT2D eigenvalue weighted by molar-refractivity contribution is 7.07. The van der Waals surface area contributed by atoms with Gasteiger partial charge in [0.05, 0.1) is 12.5 Å². The van der Waals surface area contributed by atoms with Crippen molar-refractivity contribution in [2.24, 2.45) is 0 Å². The molecule has 0 fully saturated rings. The van der Waals surface area contributed by atoms with E-state index in [2.05, 4.69) is 11.2 Å². The van der Waals surface area contributed by atoms with Crippen molar-refractivity contribution in [3.8, 4) is 12.3 Å². The van der Waals surface area contributed by atoms with Gasteiger partial charge in [-0.15, -0.1) is 6.42 Å². The zero-order valence-electron chi connectivity index (χ0n) is 7.41. The molecule has 0 bridgehead atoms. The molecule has 0 aliphatic heterocycles. The lowest BCUT2D eigenvalue weighted by Gasteiger charge is -2.06. The molecule has 3 heteroatoms. The van der Waals surface area contributed by atoms with Crippen LogP contribution in [0.1, 0.15) is 12.5 Å². The van der Waals surface area contributed by atoms with E-state index in [1.165, 1.54) is 0 Å². The fraction of sp³-hybridized carbons (Fsp3) is 0.300. The Hall–Kier alpha value is -1.27. The summed E-state index contributed by atoms with van der Waals surface area (Å²) in [7, 11) is 0. The SMILES string of the molecule is C#CC(C)NC(=O)Cc1ccsc1. The van der Waals surface area contributed by atoms with Gasteiger partial charge in [-0.25, -0.2) is 0 Å². The fourth-order valence-corrected chi connectivity index (χ4v) is 1.58. The predicted molar refractivity (Wildman–Crippen MR) is 54.5 cm³/mol. The number of nitrogens with one attached hydrogen (secondary N) is 1. The van der Waals surface area contributed by atoms with E-state index in [0.29, 0.717) is 6.42 Å². The molecule has 0 aliphatic rings. The lowest BCUT2D eigenvalue weighted by molar-refractivity contribution is -0.120. The number of carbonyl (C=O) groups excluding carboxylic acids is 1. The van der Waals surface area contributed by atoms with E-state index in [1.807, 2.05) is 16.8 Å². The smallest absolute Gasteiger partial charge is 0.225 e. The molecule has 1 rings (SSSR count). The summed E-state index contributed by atoms with van der Waals surface area (Å²) in [6.07, 6.45) is 5.54. The second-order valence-corrected chi connectivity index (χ2v) is 3.54. The molecule has 1 unspecified atom stereocenters. The predicted octanol–water partition coefficient (Wildman–Crippen LogP) is 1.43. The maximum Gasteiger partial charge on any atom is 0.225 e. The summed E-state index contributed by atoms with van der Waals surface area (Å²) >= 11 is 1.59. The van der Waals surface area contributed by atoms with Gasteiger partial charge in [0.15, 0.2) is 0 Å². The number of thiophene rings is 1. The van der Waals surface area contributed by atoms with E-state index < -0.39 is 0 Å². The van der Waals surface area contributed by atoms with E-state index in [-0.39, 0.29) is 11.9 Å². The van der Waals surface area contributed by atoms with Crippen molar-refractivity contribution in [2.75, 3.05) is 0 Å². The van der Waals surface area contributed by atoms with Gasteiger partial charge in [0.2, 0.25) is 5.91 Å². The minimum atomic E-state index is -0.189. The molecule has 0 saturated carbocycles. The summed E-state index contributed by atoms with van der Waals surface area (Å²) in [6.45, 7) is 1.78. The molecule has 0 aromatic carbocycles. The van der Waals surface area contributed by atoms with Crippen molar-refractivity contribution in [1.82, 2.24) is 5.32 Å². The van der Waals surface area contributed by atoms with E-state index in [9.17, 15) is 4.79 Å². The molecule has 1 aromatic rings. The summed E-state index contributed by atoms with van der Waals surface area (Å²) in [5.74, 6) is 2.42. The minimum Gasteiger partial charge on any atom is -0.342 e. The van der Waals surface area contributed by atoms with Gasteiger partial charge in [0, 0.05) is 0 Å². The Morgan fingerprint density at radius 2 is 2.62 bits per heavy atom. The number of amides is 1. The lowest BCUT2D eigenvalue weighted by atomic mass is 10.2. The monoisotopic (exact) mass is 193 g/mol. The van der Waals surface area contributed by atoms with Crippen LogP contribution in [-0.4, -0.2) is 11.9 Å². The third kappa shape index (κ3) is 3.30. The summed E-state index contributed by atoms with van der Waals surface area (Å²) in [4.78, 5) is 11.3. The van der Waals surface area contributed by atoms with Crippen LogP contribution in [-0.2, 0) is 11.2 Å². The fourth-order valence-electron chi connectivity index (χ4n) is 0.913. The highest BCUT2D eigenvalue weighted by atomic mass is 32.1. The van der Waals surface area contributed by atoms with Crippen LogP contribution < -0.4 is 5.32 Å². The second kappa shape index (κ2) is 4.68. The third-order valence-electron chi connectivity index (χ3n) is 1.57. The van der Waals surface area contributed by atoms with Crippen molar-refractivity contribution in [3.05, 3.63) is 22.4 Å². The average molecular weight is 193 g/mol. The molecule has 1 heterocycles. The Morgan fingerprint density at radius 1 is 1.85 bits per heavy atom. The summed E-state index contributed by atoms with van der Waals surface area (Å²) in [5, 5.41) is 6.61. The lowest BCUT2D eigenvalue weighted by Crippen LogP contribution is -2.32. The molecule has 1 amide bonds. The Morgan fingerprint density at radius 3 is 3.15 bits per heavy atom. The summed E-state index contributed by atoms with van der Waals surface area (Å²) in [6, 6.07) is 1.75. The Kier molecular flexibility index (Phi) is 3.53. The Labute approximate surface area is 82.0 Å². The molecule has 0 spiro atoms. The first-order chi connectivity index (χ1) is 6.22. The number of hydrogen-bond donors (Lipinski definition) is 1. The van der Waals surface area contributed by atoms with E-state index >= 15 is 0 Å². The van der Waals surface area contributed by atoms with Gasteiger partial charge in [-0.2, -0.15) is 11.3 Å². The standard InChI is InChI=1S/C10H11NOS/c1-3-8(2)11-10(12)6-9-4-5-13-7-9/h1,4-5,7-8H,6H2,2H3,(H,11,12). The number of rotatable bonds is 3. The highest BCUT2D eigenvalue weighted by Gasteiger charge is 2.05. The van der Waals surface area contributed by atoms with Crippen LogP contribution in [0.5, 0.6) is 0 Å². The molecule has 0 saturated heterocycles. The van der Waals surface area contributed by atoms with Gasteiger partial charge < -0.3 is 5.32 Å². The Bertz CT molecular complexity index is 310. The van der Waals surface area contributed by atoms with E-state index in [0.717, 1.165) is 5.56 Å². The molecule has 68 valence electrons. The van der Waals surface area contributed by atoms with Crippen LogP contribution in [0.25, 0.3) is 0 Å². The topological polar surface area (TPSA) is 29.1 Å². The van der Waals surface area contributed by atoms with Crippen molar-refractivity contribution in [1.29, 1.82) is 0 Å². The van der Waals surface area contributed by atoms with Gasteiger partial charge in [0.1, 0.15) is 0 Å². The summed E-state index contributed by atoms with van der Waals surface area (Å²) < 4.78 is 0.